The molecule has 1 aromatic carbocycles. The Morgan fingerprint density at radius 2 is 2.00 bits per heavy atom. The van der Waals surface area contributed by atoms with Crippen LogP contribution < -0.4 is 20.7 Å². The van der Waals surface area contributed by atoms with Gasteiger partial charge in [-0.2, -0.15) is 9.97 Å². The fourth-order valence-corrected chi connectivity index (χ4v) is 3.40. The van der Waals surface area contributed by atoms with Crippen LogP contribution in [0.2, 0.25) is 0 Å². The first kappa shape index (κ1) is 21.6. The molecule has 0 unspecified atom stereocenters. The molecule has 0 fully saturated rings. The zero-order valence-corrected chi connectivity index (χ0v) is 18.1. The molecular weight excluding hydrogens is 404 g/mol. The van der Waals surface area contributed by atoms with E-state index in [1.54, 1.807) is 4.40 Å². The molecule has 0 spiro atoms. The van der Waals surface area contributed by atoms with Crippen molar-refractivity contribution in [3.05, 3.63) is 29.8 Å². The molecule has 0 radical (unpaired) electrons. The van der Waals surface area contributed by atoms with E-state index in [1.165, 1.54) is 11.8 Å². The van der Waals surface area contributed by atoms with Crippen molar-refractivity contribution >= 4 is 35.3 Å². The van der Waals surface area contributed by atoms with Crippen LogP contribution in [0.25, 0.3) is 5.78 Å². The first-order valence-electron chi connectivity index (χ1n) is 9.80. The second-order valence-electron chi connectivity index (χ2n) is 6.35. The van der Waals surface area contributed by atoms with Gasteiger partial charge in [-0.1, -0.05) is 23.9 Å². The second-order valence-corrected chi connectivity index (χ2v) is 7.30. The predicted octanol–water partition coefficient (Wildman–Crippen LogP) is 1.98. The number of anilines is 2. The molecule has 3 aromatic rings. The average Bonchev–Trinajstić information content (AvgIpc) is 3.13. The second kappa shape index (κ2) is 10.6. The molecular formula is C19H26N8O2S. The van der Waals surface area contributed by atoms with E-state index in [9.17, 15) is 4.79 Å². The Balaban J connectivity index is 1.54. The summed E-state index contributed by atoms with van der Waals surface area (Å²) in [5, 5.41) is 17.9. The van der Waals surface area contributed by atoms with Crippen molar-refractivity contribution in [3.63, 3.8) is 0 Å². The minimum absolute atomic E-state index is 0.111. The van der Waals surface area contributed by atoms with Crippen molar-refractivity contribution in [1.82, 2.24) is 29.9 Å². The van der Waals surface area contributed by atoms with E-state index < -0.39 is 0 Å². The number of carbonyl (C=O) groups excluding carboxylic acids is 1. The summed E-state index contributed by atoms with van der Waals surface area (Å²) in [5.41, 5.74) is 1.13. The molecule has 0 aliphatic heterocycles. The molecule has 2 heterocycles. The lowest BCUT2D eigenvalue weighted by molar-refractivity contribution is -0.118. The number of hydrogen-bond donors (Lipinski definition) is 3. The van der Waals surface area contributed by atoms with E-state index in [2.05, 4.69) is 36.1 Å². The zero-order chi connectivity index (χ0) is 21.3. The van der Waals surface area contributed by atoms with Gasteiger partial charge in [0.15, 0.2) is 5.16 Å². The van der Waals surface area contributed by atoms with E-state index in [0.29, 0.717) is 49.1 Å². The Morgan fingerprint density at radius 3 is 2.77 bits per heavy atom. The summed E-state index contributed by atoms with van der Waals surface area (Å²) < 4.78 is 7.35. The number of benzene rings is 1. The summed E-state index contributed by atoms with van der Waals surface area (Å²) in [6.45, 7) is 8.16. The van der Waals surface area contributed by atoms with Gasteiger partial charge in [-0.15, -0.1) is 10.2 Å². The topological polar surface area (TPSA) is 118 Å². The van der Waals surface area contributed by atoms with E-state index in [-0.39, 0.29) is 11.7 Å². The Morgan fingerprint density at radius 1 is 1.17 bits per heavy atom. The van der Waals surface area contributed by atoms with Gasteiger partial charge in [0.1, 0.15) is 12.4 Å². The fraction of sp³-hybridized carbons (Fsp3) is 0.421. The Labute approximate surface area is 179 Å². The Kier molecular flexibility index (Phi) is 7.66. The maximum absolute atomic E-state index is 12.2. The zero-order valence-electron chi connectivity index (χ0n) is 17.3. The molecule has 3 N–H and O–H groups in total. The highest BCUT2D eigenvalue weighted by atomic mass is 32.2. The van der Waals surface area contributed by atoms with Crippen molar-refractivity contribution in [3.8, 4) is 5.75 Å². The number of nitrogens with one attached hydrogen (secondary N) is 3. The minimum Gasteiger partial charge on any atom is -0.492 e. The Hall–Kier alpha value is -3.08. The number of ether oxygens (including phenoxy) is 1. The highest BCUT2D eigenvalue weighted by molar-refractivity contribution is 7.99. The number of thioether (sulfide) groups is 1. The van der Waals surface area contributed by atoms with Gasteiger partial charge in [0.25, 0.3) is 5.78 Å². The SMILES string of the molecule is CCNc1nc(NCC)n2c(SCC(=O)NCCOc3cccc(C)c3)nnc2n1. The van der Waals surface area contributed by atoms with E-state index in [1.807, 2.05) is 45.0 Å². The molecule has 10 nitrogen and oxygen atoms in total. The molecule has 3 rings (SSSR count). The van der Waals surface area contributed by atoms with E-state index in [4.69, 9.17) is 4.74 Å². The summed E-state index contributed by atoms with van der Waals surface area (Å²) >= 11 is 1.28. The van der Waals surface area contributed by atoms with Crippen molar-refractivity contribution in [2.45, 2.75) is 25.9 Å². The lowest BCUT2D eigenvalue weighted by Crippen LogP contribution is -2.29. The minimum atomic E-state index is -0.111. The average molecular weight is 431 g/mol. The maximum Gasteiger partial charge on any atom is 0.261 e. The summed E-state index contributed by atoms with van der Waals surface area (Å²) in [6, 6.07) is 7.80. The molecule has 30 heavy (non-hydrogen) atoms. The molecule has 160 valence electrons. The number of amides is 1. The van der Waals surface area contributed by atoms with Crippen molar-refractivity contribution in [1.29, 1.82) is 0 Å². The van der Waals surface area contributed by atoms with Gasteiger partial charge in [-0.25, -0.2) is 4.40 Å². The molecule has 0 saturated heterocycles. The highest BCUT2D eigenvalue weighted by Gasteiger charge is 2.15. The van der Waals surface area contributed by atoms with E-state index in [0.717, 1.165) is 11.3 Å². The summed E-state index contributed by atoms with van der Waals surface area (Å²) in [7, 11) is 0. The van der Waals surface area contributed by atoms with Gasteiger partial charge in [-0.3, -0.25) is 4.79 Å². The van der Waals surface area contributed by atoms with Crippen LogP contribution in [-0.2, 0) is 4.79 Å². The van der Waals surface area contributed by atoms with Gasteiger partial charge < -0.3 is 20.7 Å². The lowest BCUT2D eigenvalue weighted by Gasteiger charge is -2.10. The predicted molar refractivity (Wildman–Crippen MR) is 117 cm³/mol. The number of aryl methyl sites for hydroxylation is 1. The highest BCUT2D eigenvalue weighted by Crippen LogP contribution is 2.20. The third kappa shape index (κ3) is 5.72. The monoisotopic (exact) mass is 430 g/mol. The molecule has 2 aromatic heterocycles. The summed E-state index contributed by atoms with van der Waals surface area (Å²) in [4.78, 5) is 21.0. The summed E-state index contributed by atoms with van der Waals surface area (Å²) in [6.07, 6.45) is 0. The van der Waals surface area contributed by atoms with Crippen LogP contribution in [0.4, 0.5) is 11.9 Å². The molecule has 0 aliphatic carbocycles. The van der Waals surface area contributed by atoms with Crippen LogP contribution in [-0.4, -0.2) is 62.5 Å². The number of fused-ring (bicyclic) bond motifs is 1. The van der Waals surface area contributed by atoms with Gasteiger partial charge in [0, 0.05) is 13.1 Å². The van der Waals surface area contributed by atoms with Crippen molar-refractivity contribution in [2.75, 3.05) is 42.6 Å². The van der Waals surface area contributed by atoms with Crippen LogP contribution in [0.15, 0.2) is 29.4 Å². The van der Waals surface area contributed by atoms with Gasteiger partial charge in [0.05, 0.1) is 12.3 Å². The van der Waals surface area contributed by atoms with Gasteiger partial charge in [0.2, 0.25) is 17.8 Å². The van der Waals surface area contributed by atoms with Crippen LogP contribution in [0.3, 0.4) is 0 Å². The molecule has 11 heteroatoms. The van der Waals surface area contributed by atoms with Crippen LogP contribution in [0.5, 0.6) is 5.75 Å². The maximum atomic E-state index is 12.2. The first-order valence-corrected chi connectivity index (χ1v) is 10.8. The molecule has 1 amide bonds. The first-order chi connectivity index (χ1) is 14.6. The van der Waals surface area contributed by atoms with Crippen LogP contribution in [0.1, 0.15) is 19.4 Å². The van der Waals surface area contributed by atoms with Crippen molar-refractivity contribution in [2.24, 2.45) is 0 Å². The number of hydrogen-bond acceptors (Lipinski definition) is 9. The normalized spacial score (nSPS) is 10.8. The number of aromatic nitrogens is 5. The third-order valence-corrected chi connectivity index (χ3v) is 4.86. The molecule has 0 atom stereocenters. The van der Waals surface area contributed by atoms with Gasteiger partial charge in [-0.05, 0) is 38.5 Å². The van der Waals surface area contributed by atoms with Crippen LogP contribution >= 0.6 is 11.8 Å². The smallest absolute Gasteiger partial charge is 0.261 e. The number of nitrogens with zero attached hydrogens (tertiary/aromatic N) is 5. The molecule has 0 bridgehead atoms. The lowest BCUT2D eigenvalue weighted by atomic mass is 10.2. The largest absolute Gasteiger partial charge is 0.492 e. The summed E-state index contributed by atoms with van der Waals surface area (Å²) in [5.74, 6) is 2.37. The molecule has 0 aliphatic rings. The fourth-order valence-electron chi connectivity index (χ4n) is 2.64. The molecule has 0 saturated carbocycles. The number of rotatable bonds is 11. The van der Waals surface area contributed by atoms with Crippen LogP contribution in [0, 0.1) is 6.92 Å². The standard InChI is InChI=1S/C19H26N8O2S/c1-4-20-16-23-17(21-5-2)27-18(24-16)25-26-19(27)30-12-15(28)22-9-10-29-14-8-6-7-13(3)11-14/h6-8,11H,4-5,9-10,12H2,1-3H3,(H,22,28)(H2,20,21,23,24,25). The van der Waals surface area contributed by atoms with Gasteiger partial charge >= 0.3 is 0 Å². The number of carbonyl (C=O) groups is 1. The third-order valence-electron chi connectivity index (χ3n) is 3.93. The van der Waals surface area contributed by atoms with E-state index >= 15 is 0 Å². The Bertz CT molecular complexity index is 994. The van der Waals surface area contributed by atoms with Crippen molar-refractivity contribution < 1.29 is 9.53 Å². The quantitative estimate of drug-likeness (QED) is 0.310.